The third-order valence-corrected chi connectivity index (χ3v) is 6.53. The Morgan fingerprint density at radius 1 is 1.19 bits per heavy atom. The molecule has 2 aliphatic heterocycles. The number of ether oxygens (including phenoxy) is 3. The normalized spacial score (nSPS) is 20.0. The number of aromatic nitrogens is 2. The molecule has 0 aliphatic carbocycles. The quantitative estimate of drug-likeness (QED) is 0.505. The average Bonchev–Trinajstić information content (AvgIpc) is 3.59. The Labute approximate surface area is 208 Å². The first-order valence-electron chi connectivity index (χ1n) is 11.7. The number of phenolic OH excluding ortho intramolecular Hbond substituents is 1. The Morgan fingerprint density at radius 3 is 2.78 bits per heavy atom. The Hall–Kier alpha value is -4.05. The molecule has 1 aromatic heterocycles. The number of methoxy groups -OCH3 is 2. The fourth-order valence-electron chi connectivity index (χ4n) is 4.62. The second-order valence-electron chi connectivity index (χ2n) is 8.71. The van der Waals surface area contributed by atoms with Crippen LogP contribution in [0.25, 0.3) is 17.0 Å². The first-order chi connectivity index (χ1) is 17.5. The van der Waals surface area contributed by atoms with Gasteiger partial charge in [-0.3, -0.25) is 4.90 Å². The number of nitrogens with one attached hydrogen (secondary N) is 1. The lowest BCUT2D eigenvalue weighted by atomic mass is 9.94. The number of phenols is 1. The van der Waals surface area contributed by atoms with Gasteiger partial charge >= 0.3 is 6.03 Å². The van der Waals surface area contributed by atoms with Crippen LogP contribution in [0.3, 0.4) is 0 Å². The van der Waals surface area contributed by atoms with E-state index in [2.05, 4.69) is 15.5 Å². The number of rotatable bonds is 7. The van der Waals surface area contributed by atoms with Crippen molar-refractivity contribution in [1.82, 2.24) is 20.4 Å². The number of urea groups is 1. The highest BCUT2D eigenvalue weighted by Crippen LogP contribution is 2.40. The van der Waals surface area contributed by atoms with Crippen molar-refractivity contribution in [3.05, 3.63) is 59.6 Å². The Bertz CT molecular complexity index is 1300. The van der Waals surface area contributed by atoms with E-state index in [4.69, 9.17) is 18.7 Å². The summed E-state index contributed by atoms with van der Waals surface area (Å²) >= 11 is 0. The number of allylic oxidation sites excluding steroid dienone is 1. The van der Waals surface area contributed by atoms with Gasteiger partial charge in [0.25, 0.3) is 5.89 Å². The molecule has 3 heterocycles. The Kier molecular flexibility index (Phi) is 6.51. The predicted octanol–water partition coefficient (Wildman–Crippen LogP) is 4.14. The number of hydrogen-bond acceptors (Lipinski definition) is 8. The van der Waals surface area contributed by atoms with E-state index < -0.39 is 6.04 Å². The number of benzene rings is 2. The SMILES string of the molecule is COc1cccc(-c2noc(C3=C(C)N(CC4CCCO4)C(=O)NC3c3ccc(OC)c(O)c3)n2)c1. The smallest absolute Gasteiger partial charge is 0.322 e. The average molecular weight is 493 g/mol. The van der Waals surface area contributed by atoms with Gasteiger partial charge in [0.05, 0.1) is 38.5 Å². The van der Waals surface area contributed by atoms with Crippen LogP contribution in [0.1, 0.15) is 37.3 Å². The molecule has 0 radical (unpaired) electrons. The topological polar surface area (TPSA) is 119 Å². The van der Waals surface area contributed by atoms with Crippen LogP contribution in [0.2, 0.25) is 0 Å². The highest BCUT2D eigenvalue weighted by atomic mass is 16.5. The highest BCUT2D eigenvalue weighted by Gasteiger charge is 2.37. The van der Waals surface area contributed by atoms with Crippen molar-refractivity contribution in [3.8, 4) is 28.6 Å². The first-order valence-corrected chi connectivity index (χ1v) is 11.7. The van der Waals surface area contributed by atoms with Gasteiger partial charge in [-0.25, -0.2) is 4.79 Å². The van der Waals surface area contributed by atoms with Crippen LogP contribution in [0.4, 0.5) is 4.79 Å². The van der Waals surface area contributed by atoms with Crippen LogP contribution in [0.5, 0.6) is 17.2 Å². The van der Waals surface area contributed by atoms with Crippen molar-refractivity contribution in [2.75, 3.05) is 27.4 Å². The first kappa shape index (κ1) is 23.7. The molecule has 2 amide bonds. The van der Waals surface area contributed by atoms with Crippen molar-refractivity contribution < 1.29 is 28.6 Å². The third-order valence-electron chi connectivity index (χ3n) is 6.53. The summed E-state index contributed by atoms with van der Waals surface area (Å²) in [4.78, 5) is 19.5. The van der Waals surface area contributed by atoms with Gasteiger partial charge in [-0.15, -0.1) is 0 Å². The maximum absolute atomic E-state index is 13.2. The lowest BCUT2D eigenvalue weighted by Crippen LogP contribution is -2.48. The molecule has 2 atom stereocenters. The van der Waals surface area contributed by atoms with Crippen molar-refractivity contribution in [1.29, 1.82) is 0 Å². The van der Waals surface area contributed by atoms with Gasteiger partial charge in [0, 0.05) is 17.9 Å². The molecule has 10 heteroatoms. The van der Waals surface area contributed by atoms with Crippen molar-refractivity contribution in [3.63, 3.8) is 0 Å². The molecule has 2 N–H and O–H groups in total. The monoisotopic (exact) mass is 492 g/mol. The summed E-state index contributed by atoms with van der Waals surface area (Å²) in [6, 6.07) is 11.5. The van der Waals surface area contributed by atoms with Gasteiger partial charge in [-0.1, -0.05) is 23.4 Å². The molecule has 36 heavy (non-hydrogen) atoms. The van der Waals surface area contributed by atoms with E-state index in [1.165, 1.54) is 7.11 Å². The van der Waals surface area contributed by atoms with Gasteiger partial charge in [-0.2, -0.15) is 4.98 Å². The minimum absolute atomic E-state index is 0.0364. The second-order valence-corrected chi connectivity index (χ2v) is 8.71. The van der Waals surface area contributed by atoms with Gasteiger partial charge < -0.3 is 29.2 Å². The van der Waals surface area contributed by atoms with Crippen LogP contribution in [0.15, 0.2) is 52.7 Å². The number of carbonyl (C=O) groups is 1. The summed E-state index contributed by atoms with van der Waals surface area (Å²) < 4.78 is 22.0. The van der Waals surface area contributed by atoms with Crippen molar-refractivity contribution in [2.45, 2.75) is 31.9 Å². The summed E-state index contributed by atoms with van der Waals surface area (Å²) in [5.41, 5.74) is 2.69. The minimum Gasteiger partial charge on any atom is -0.504 e. The van der Waals surface area contributed by atoms with E-state index in [0.717, 1.165) is 18.4 Å². The van der Waals surface area contributed by atoms with Crippen LogP contribution in [-0.4, -0.2) is 59.7 Å². The molecule has 2 aliphatic rings. The Morgan fingerprint density at radius 2 is 2.06 bits per heavy atom. The molecule has 1 fully saturated rings. The summed E-state index contributed by atoms with van der Waals surface area (Å²) in [5.74, 6) is 1.63. The van der Waals surface area contributed by atoms with Crippen LogP contribution >= 0.6 is 0 Å². The summed E-state index contributed by atoms with van der Waals surface area (Å²) in [7, 11) is 3.07. The van der Waals surface area contributed by atoms with E-state index in [-0.39, 0.29) is 23.8 Å². The van der Waals surface area contributed by atoms with E-state index in [0.29, 0.717) is 47.3 Å². The highest BCUT2D eigenvalue weighted by molar-refractivity contribution is 5.87. The van der Waals surface area contributed by atoms with Gasteiger partial charge in [0.2, 0.25) is 5.82 Å². The number of hydrogen-bond donors (Lipinski definition) is 2. The molecule has 0 spiro atoms. The molecule has 5 rings (SSSR count). The zero-order valence-corrected chi connectivity index (χ0v) is 20.4. The molecule has 2 unspecified atom stereocenters. The van der Waals surface area contributed by atoms with Crippen LogP contribution in [-0.2, 0) is 4.74 Å². The van der Waals surface area contributed by atoms with Gasteiger partial charge in [0.1, 0.15) is 5.75 Å². The molecular weight excluding hydrogens is 464 g/mol. The van der Waals surface area contributed by atoms with Crippen molar-refractivity contribution >= 4 is 11.6 Å². The zero-order valence-electron chi connectivity index (χ0n) is 20.4. The van der Waals surface area contributed by atoms with Crippen molar-refractivity contribution in [2.24, 2.45) is 0 Å². The molecule has 0 bridgehead atoms. The molecule has 188 valence electrons. The zero-order chi connectivity index (χ0) is 25.2. The number of nitrogens with zero attached hydrogens (tertiary/aromatic N) is 3. The molecule has 1 saturated heterocycles. The van der Waals surface area contributed by atoms with Gasteiger partial charge in [-0.05, 0) is 49.6 Å². The number of aromatic hydroxyl groups is 1. The molecule has 3 aromatic rings. The van der Waals surface area contributed by atoms with Crippen LogP contribution in [0, 0.1) is 0 Å². The molecule has 10 nitrogen and oxygen atoms in total. The van der Waals surface area contributed by atoms with E-state index in [9.17, 15) is 9.90 Å². The lowest BCUT2D eigenvalue weighted by Gasteiger charge is -2.36. The minimum atomic E-state index is -0.631. The maximum atomic E-state index is 13.2. The fraction of sp³-hybridized carbons (Fsp3) is 0.346. The number of carbonyl (C=O) groups excluding carboxylic acids is 1. The van der Waals surface area contributed by atoms with Gasteiger partial charge in [0.15, 0.2) is 11.5 Å². The molecule has 0 saturated carbocycles. The summed E-state index contributed by atoms with van der Waals surface area (Å²) in [6.45, 7) is 2.96. The standard InChI is InChI=1S/C26H28N4O6/c1-15-22(25-28-24(29-36-25)17-6-4-7-18(12-17)33-2)23(16-9-10-21(34-3)20(31)13-16)27-26(32)30(15)14-19-8-5-11-35-19/h4,6-7,9-10,12-13,19,23,31H,5,8,11,14H2,1-3H3,(H,27,32). The lowest BCUT2D eigenvalue weighted by molar-refractivity contribution is 0.0877. The predicted molar refractivity (Wildman–Crippen MR) is 130 cm³/mol. The van der Waals surface area contributed by atoms with E-state index >= 15 is 0 Å². The largest absolute Gasteiger partial charge is 0.504 e. The third kappa shape index (κ3) is 4.47. The number of amides is 2. The summed E-state index contributed by atoms with van der Waals surface area (Å²) in [6.07, 6.45) is 1.82. The Balaban J connectivity index is 1.58. The molecule has 2 aromatic carbocycles. The second kappa shape index (κ2) is 9.90. The van der Waals surface area contributed by atoms with E-state index in [1.807, 2.05) is 31.2 Å². The fourth-order valence-corrected chi connectivity index (χ4v) is 4.62. The molecular formula is C26H28N4O6. The maximum Gasteiger partial charge on any atom is 0.322 e. The van der Waals surface area contributed by atoms with E-state index in [1.54, 1.807) is 30.2 Å². The summed E-state index contributed by atoms with van der Waals surface area (Å²) in [5, 5.41) is 17.6. The van der Waals surface area contributed by atoms with Crippen LogP contribution < -0.4 is 14.8 Å².